The molecule has 4 rings (SSSR count). The van der Waals surface area contributed by atoms with Gasteiger partial charge in [-0.3, -0.25) is 19.7 Å². The predicted octanol–water partition coefficient (Wildman–Crippen LogP) is 4.09. The number of fused-ring (bicyclic) bond motifs is 1. The number of nitro groups is 1. The van der Waals surface area contributed by atoms with Gasteiger partial charge in [-0.05, 0) is 49.0 Å². The van der Waals surface area contributed by atoms with Crippen LogP contribution in [0.3, 0.4) is 0 Å². The highest BCUT2D eigenvalue weighted by molar-refractivity contribution is 8.19. The average Bonchev–Trinajstić information content (AvgIpc) is 3.23. The average molecular weight is 443 g/mol. The Morgan fingerprint density at radius 1 is 1.20 bits per heavy atom. The van der Waals surface area contributed by atoms with Gasteiger partial charge in [0.25, 0.3) is 17.5 Å². The quantitative estimate of drug-likeness (QED) is 0.403. The number of carbonyl (C=O) groups excluding carboxylic acids is 2. The number of aliphatic imine (C=N–C) groups is 1. The first kappa shape index (κ1) is 20.1. The minimum atomic E-state index is -0.547. The van der Waals surface area contributed by atoms with Gasteiger partial charge in [-0.25, -0.2) is 0 Å². The highest BCUT2D eigenvalue weighted by Crippen LogP contribution is 2.45. The summed E-state index contributed by atoms with van der Waals surface area (Å²) in [5, 5.41) is 12.2. The monoisotopic (exact) mass is 442 g/mol. The van der Waals surface area contributed by atoms with Gasteiger partial charge in [0.2, 0.25) is 0 Å². The maximum absolute atomic E-state index is 13.0. The number of hydrogen-bond acceptors (Lipinski definition) is 6. The smallest absolute Gasteiger partial charge is 0.287 e. The Balaban J connectivity index is 1.76. The summed E-state index contributed by atoms with van der Waals surface area (Å²) in [6, 6.07) is 11.3. The van der Waals surface area contributed by atoms with Gasteiger partial charge in [0, 0.05) is 42.0 Å². The van der Waals surface area contributed by atoms with Gasteiger partial charge in [0.05, 0.1) is 21.1 Å². The van der Waals surface area contributed by atoms with Crippen molar-refractivity contribution >= 4 is 63.0 Å². The largest absolute Gasteiger partial charge is 0.324 e. The van der Waals surface area contributed by atoms with Crippen LogP contribution in [-0.4, -0.2) is 35.5 Å². The van der Waals surface area contributed by atoms with Crippen molar-refractivity contribution in [3.05, 3.63) is 68.1 Å². The summed E-state index contributed by atoms with van der Waals surface area (Å²) in [6.07, 6.45) is 0. The third kappa shape index (κ3) is 3.25. The number of non-ortho nitro benzene ring substituents is 1. The van der Waals surface area contributed by atoms with Crippen molar-refractivity contribution in [3.8, 4) is 0 Å². The van der Waals surface area contributed by atoms with Gasteiger partial charge in [0.1, 0.15) is 0 Å². The lowest BCUT2D eigenvalue weighted by molar-refractivity contribution is -0.384. The second-order valence-electron chi connectivity index (χ2n) is 6.55. The van der Waals surface area contributed by atoms with Crippen molar-refractivity contribution in [2.45, 2.75) is 6.92 Å². The first-order valence-corrected chi connectivity index (χ1v) is 10.2. The zero-order valence-electron chi connectivity index (χ0n) is 16.0. The van der Waals surface area contributed by atoms with Crippen molar-refractivity contribution in [2.75, 3.05) is 23.4 Å². The lowest BCUT2D eigenvalue weighted by atomic mass is 10.1. The molecule has 0 saturated heterocycles. The SMILES string of the molecule is CCN1C(=O)/C(=C2\SC(N(C)c3ccc(Cl)cc3)=NC2=O)c2cc([N+](=O)[O-])ccc21. The normalized spacial score (nSPS) is 18.0. The predicted molar refractivity (Wildman–Crippen MR) is 118 cm³/mol. The summed E-state index contributed by atoms with van der Waals surface area (Å²) in [4.78, 5) is 43.9. The molecule has 2 aromatic rings. The van der Waals surface area contributed by atoms with E-state index < -0.39 is 10.8 Å². The van der Waals surface area contributed by atoms with Crippen LogP contribution in [0.5, 0.6) is 0 Å². The molecule has 30 heavy (non-hydrogen) atoms. The van der Waals surface area contributed by atoms with Crippen molar-refractivity contribution in [2.24, 2.45) is 4.99 Å². The molecular formula is C20H15ClN4O4S. The molecule has 10 heteroatoms. The van der Waals surface area contributed by atoms with Crippen LogP contribution in [-0.2, 0) is 9.59 Å². The van der Waals surface area contributed by atoms with E-state index in [4.69, 9.17) is 11.6 Å². The number of amidine groups is 1. The molecule has 2 aromatic carbocycles. The number of hydrogen-bond donors (Lipinski definition) is 0. The Labute approximate surface area is 181 Å². The molecule has 2 aliphatic heterocycles. The highest BCUT2D eigenvalue weighted by Gasteiger charge is 2.39. The molecule has 0 atom stereocenters. The van der Waals surface area contributed by atoms with Gasteiger partial charge in [0.15, 0.2) is 5.17 Å². The van der Waals surface area contributed by atoms with Crippen molar-refractivity contribution < 1.29 is 14.5 Å². The molecule has 0 radical (unpaired) electrons. The number of amides is 2. The standard InChI is InChI=1S/C20H15ClN4O4S/c1-3-24-15-9-8-13(25(28)29)10-14(15)16(19(24)27)17-18(26)22-20(30-17)23(2)12-6-4-11(21)5-7-12/h4-10H,3H2,1-2H3/b17-16-. The molecular weight excluding hydrogens is 428 g/mol. The van der Waals surface area contributed by atoms with E-state index in [9.17, 15) is 19.7 Å². The molecule has 0 bridgehead atoms. The van der Waals surface area contributed by atoms with Gasteiger partial charge >= 0.3 is 0 Å². The van der Waals surface area contributed by atoms with Crippen molar-refractivity contribution in [1.82, 2.24) is 0 Å². The summed E-state index contributed by atoms with van der Waals surface area (Å²) in [6.45, 7) is 2.17. The number of benzene rings is 2. The van der Waals surface area contributed by atoms with Crippen LogP contribution >= 0.6 is 23.4 Å². The lowest BCUT2D eigenvalue weighted by Crippen LogP contribution is -2.26. The Bertz CT molecular complexity index is 1160. The molecule has 0 aromatic heterocycles. The summed E-state index contributed by atoms with van der Waals surface area (Å²) in [7, 11) is 1.75. The van der Waals surface area contributed by atoms with E-state index in [1.807, 2.05) is 0 Å². The molecule has 0 saturated carbocycles. The Hall–Kier alpha value is -3.17. The van der Waals surface area contributed by atoms with E-state index in [1.165, 1.54) is 23.1 Å². The molecule has 0 N–H and O–H groups in total. The molecule has 0 fully saturated rings. The fraction of sp³-hybridized carbons (Fsp3) is 0.150. The maximum Gasteiger partial charge on any atom is 0.287 e. The van der Waals surface area contributed by atoms with E-state index in [0.717, 1.165) is 17.4 Å². The third-order valence-electron chi connectivity index (χ3n) is 4.84. The lowest BCUT2D eigenvalue weighted by Gasteiger charge is -2.17. The summed E-state index contributed by atoms with van der Waals surface area (Å²) in [5.41, 5.74) is 1.69. The zero-order chi connectivity index (χ0) is 21.6. The van der Waals surface area contributed by atoms with E-state index in [0.29, 0.717) is 28.0 Å². The van der Waals surface area contributed by atoms with Crippen molar-refractivity contribution in [1.29, 1.82) is 0 Å². The fourth-order valence-electron chi connectivity index (χ4n) is 3.34. The van der Waals surface area contributed by atoms with Gasteiger partial charge < -0.3 is 9.80 Å². The molecule has 0 spiro atoms. The number of nitro benzene ring substituents is 1. The Morgan fingerprint density at radius 2 is 1.90 bits per heavy atom. The van der Waals surface area contributed by atoms with Crippen LogP contribution in [0.25, 0.3) is 5.57 Å². The fourth-order valence-corrected chi connectivity index (χ4v) is 4.45. The first-order valence-electron chi connectivity index (χ1n) is 8.97. The molecule has 152 valence electrons. The Morgan fingerprint density at radius 3 is 2.53 bits per heavy atom. The van der Waals surface area contributed by atoms with Crippen LogP contribution in [0.15, 0.2) is 52.4 Å². The number of thioether (sulfide) groups is 1. The molecule has 2 aliphatic rings. The van der Waals surface area contributed by atoms with E-state index >= 15 is 0 Å². The molecule has 8 nitrogen and oxygen atoms in total. The number of halogens is 1. The van der Waals surface area contributed by atoms with Crippen LogP contribution < -0.4 is 9.80 Å². The topological polar surface area (TPSA) is 96.1 Å². The highest BCUT2D eigenvalue weighted by atomic mass is 35.5. The minimum absolute atomic E-state index is 0.146. The third-order valence-corrected chi connectivity index (χ3v) is 6.22. The van der Waals surface area contributed by atoms with Crippen LogP contribution in [0.1, 0.15) is 12.5 Å². The minimum Gasteiger partial charge on any atom is -0.324 e. The number of likely N-dealkylation sites (N-methyl/N-ethyl adjacent to an activating group) is 1. The van der Waals surface area contributed by atoms with Crippen LogP contribution in [0, 0.1) is 10.1 Å². The van der Waals surface area contributed by atoms with E-state index in [2.05, 4.69) is 4.99 Å². The number of anilines is 2. The van der Waals surface area contributed by atoms with Crippen molar-refractivity contribution in [3.63, 3.8) is 0 Å². The number of nitrogens with zero attached hydrogens (tertiary/aromatic N) is 4. The van der Waals surface area contributed by atoms with E-state index in [-0.39, 0.29) is 22.1 Å². The molecule has 2 amide bonds. The molecule has 0 unspecified atom stereocenters. The Kier molecular flexibility index (Phi) is 5.08. The van der Waals surface area contributed by atoms with Gasteiger partial charge in [-0.15, -0.1) is 0 Å². The molecule has 0 aliphatic carbocycles. The molecule has 2 heterocycles. The number of carbonyl (C=O) groups is 2. The summed E-state index contributed by atoms with van der Waals surface area (Å²) >= 11 is 7.00. The number of rotatable bonds is 3. The summed E-state index contributed by atoms with van der Waals surface area (Å²) < 4.78 is 0. The second-order valence-corrected chi connectivity index (χ2v) is 7.96. The van der Waals surface area contributed by atoms with Crippen LogP contribution in [0.4, 0.5) is 17.1 Å². The van der Waals surface area contributed by atoms with Crippen LogP contribution in [0.2, 0.25) is 5.02 Å². The van der Waals surface area contributed by atoms with Gasteiger partial charge in [-0.2, -0.15) is 4.99 Å². The maximum atomic E-state index is 13.0. The summed E-state index contributed by atoms with van der Waals surface area (Å²) in [5.74, 6) is -0.913. The second kappa shape index (κ2) is 7.58. The zero-order valence-corrected chi connectivity index (χ0v) is 17.5. The van der Waals surface area contributed by atoms with Gasteiger partial charge in [-0.1, -0.05) is 11.6 Å². The van der Waals surface area contributed by atoms with E-state index in [1.54, 1.807) is 43.1 Å². The first-order chi connectivity index (χ1) is 14.3.